The van der Waals surface area contributed by atoms with Crippen molar-refractivity contribution >= 4 is 17.7 Å². The van der Waals surface area contributed by atoms with E-state index in [2.05, 4.69) is 10.4 Å². The highest BCUT2D eigenvalue weighted by Gasteiger charge is 2.31. The Bertz CT molecular complexity index is 717. The summed E-state index contributed by atoms with van der Waals surface area (Å²) in [6.45, 7) is 4.99. The summed E-state index contributed by atoms with van der Waals surface area (Å²) < 4.78 is 1.70. The number of aromatic nitrogens is 2. The average molecular weight is 404 g/mol. The van der Waals surface area contributed by atoms with Crippen LogP contribution in [0.1, 0.15) is 61.1 Å². The van der Waals surface area contributed by atoms with Crippen LogP contribution in [-0.4, -0.2) is 70.0 Å². The molecule has 8 nitrogen and oxygen atoms in total. The molecule has 0 bridgehead atoms. The van der Waals surface area contributed by atoms with Gasteiger partial charge in [-0.25, -0.2) is 0 Å². The number of nitrogens with one attached hydrogen (secondary N) is 1. The molecule has 8 heteroatoms. The first-order chi connectivity index (χ1) is 14.0. The molecule has 3 rings (SSSR count). The number of hydrogen-bond acceptors (Lipinski definition) is 4. The highest BCUT2D eigenvalue weighted by atomic mass is 16.2. The molecule has 1 aromatic rings. The standard InChI is InChI=1S/C21H33N5O3/c1-16-15-18(23-24(16)2)21(29)26-12-7-17(8-13-26)20(28)25-11-6-4-3-5-10-22-19(27)9-14-25/h15,17H,3-14H2,1-2H3,(H,22,27). The van der Waals surface area contributed by atoms with Gasteiger partial charge in [-0.15, -0.1) is 0 Å². The lowest BCUT2D eigenvalue weighted by molar-refractivity contribution is -0.137. The summed E-state index contributed by atoms with van der Waals surface area (Å²) in [6, 6.07) is 1.80. The first-order valence-electron chi connectivity index (χ1n) is 10.8. The molecule has 0 radical (unpaired) electrons. The van der Waals surface area contributed by atoms with Crippen LogP contribution in [0.3, 0.4) is 0 Å². The van der Waals surface area contributed by atoms with E-state index in [4.69, 9.17) is 0 Å². The minimum atomic E-state index is -0.0716. The zero-order chi connectivity index (χ0) is 20.8. The molecule has 0 aromatic carbocycles. The second-order valence-electron chi connectivity index (χ2n) is 8.20. The van der Waals surface area contributed by atoms with E-state index in [0.29, 0.717) is 44.6 Å². The third-order valence-electron chi connectivity index (χ3n) is 6.06. The first kappa shape index (κ1) is 21.3. The van der Waals surface area contributed by atoms with Crippen LogP contribution in [0.15, 0.2) is 6.07 Å². The van der Waals surface area contributed by atoms with E-state index in [-0.39, 0.29) is 23.6 Å². The van der Waals surface area contributed by atoms with Crippen molar-refractivity contribution in [1.82, 2.24) is 24.9 Å². The van der Waals surface area contributed by atoms with Crippen molar-refractivity contribution in [3.63, 3.8) is 0 Å². The molecule has 160 valence electrons. The summed E-state index contributed by atoms with van der Waals surface area (Å²) >= 11 is 0. The Kier molecular flexibility index (Phi) is 7.28. The van der Waals surface area contributed by atoms with Gasteiger partial charge in [0.25, 0.3) is 5.91 Å². The van der Waals surface area contributed by atoms with Crippen molar-refractivity contribution in [2.75, 3.05) is 32.7 Å². The number of nitrogens with zero attached hydrogens (tertiary/aromatic N) is 4. The fraction of sp³-hybridized carbons (Fsp3) is 0.714. The van der Waals surface area contributed by atoms with E-state index in [1.165, 1.54) is 0 Å². The summed E-state index contributed by atoms with van der Waals surface area (Å²) in [7, 11) is 1.83. The first-order valence-corrected chi connectivity index (χ1v) is 10.8. The maximum absolute atomic E-state index is 13.1. The lowest BCUT2D eigenvalue weighted by Crippen LogP contribution is -2.45. The number of carbonyl (C=O) groups is 3. The van der Waals surface area contributed by atoms with Gasteiger partial charge in [-0.05, 0) is 38.7 Å². The van der Waals surface area contributed by atoms with Gasteiger partial charge in [-0.3, -0.25) is 19.1 Å². The number of amides is 3. The number of likely N-dealkylation sites (tertiary alicyclic amines) is 1. The molecular formula is C21H33N5O3. The minimum absolute atomic E-state index is 0.0239. The quantitative estimate of drug-likeness (QED) is 0.810. The van der Waals surface area contributed by atoms with Crippen LogP contribution >= 0.6 is 0 Å². The maximum atomic E-state index is 13.1. The number of rotatable bonds is 2. The maximum Gasteiger partial charge on any atom is 0.274 e. The molecule has 1 N–H and O–H groups in total. The number of piperidine rings is 1. The number of aryl methyl sites for hydroxylation is 2. The average Bonchev–Trinajstić information content (AvgIpc) is 3.04. The smallest absolute Gasteiger partial charge is 0.274 e. The van der Waals surface area contributed by atoms with Crippen molar-refractivity contribution < 1.29 is 14.4 Å². The molecular weight excluding hydrogens is 370 g/mol. The summed E-state index contributed by atoms with van der Waals surface area (Å²) in [5.74, 6) is 0.0258. The molecule has 3 amide bonds. The number of hydrogen-bond donors (Lipinski definition) is 1. The summed E-state index contributed by atoms with van der Waals surface area (Å²) in [5, 5.41) is 7.21. The lowest BCUT2D eigenvalue weighted by Gasteiger charge is -2.34. The van der Waals surface area contributed by atoms with Crippen molar-refractivity contribution in [2.45, 2.75) is 51.9 Å². The van der Waals surface area contributed by atoms with Crippen LogP contribution in [0.2, 0.25) is 0 Å². The van der Waals surface area contributed by atoms with Gasteiger partial charge in [0, 0.05) is 57.8 Å². The normalized spacial score (nSPS) is 20.1. The van der Waals surface area contributed by atoms with E-state index in [0.717, 1.165) is 44.5 Å². The molecule has 0 saturated carbocycles. The molecule has 29 heavy (non-hydrogen) atoms. The summed E-state index contributed by atoms with van der Waals surface area (Å²) in [6.07, 6.45) is 5.84. The van der Waals surface area contributed by atoms with Gasteiger partial charge in [-0.1, -0.05) is 12.8 Å². The lowest BCUT2D eigenvalue weighted by atomic mass is 9.94. The molecule has 0 atom stereocenters. The van der Waals surface area contributed by atoms with E-state index in [1.54, 1.807) is 15.6 Å². The summed E-state index contributed by atoms with van der Waals surface area (Å²) in [4.78, 5) is 41.4. The summed E-state index contributed by atoms with van der Waals surface area (Å²) in [5.41, 5.74) is 1.41. The van der Waals surface area contributed by atoms with Crippen LogP contribution in [0.5, 0.6) is 0 Å². The van der Waals surface area contributed by atoms with Crippen molar-refractivity contribution in [2.24, 2.45) is 13.0 Å². The van der Waals surface area contributed by atoms with E-state index < -0.39 is 0 Å². The molecule has 2 fully saturated rings. The van der Waals surface area contributed by atoms with Crippen molar-refractivity contribution in [1.29, 1.82) is 0 Å². The molecule has 1 aromatic heterocycles. The Balaban J connectivity index is 1.54. The van der Waals surface area contributed by atoms with E-state index >= 15 is 0 Å². The van der Waals surface area contributed by atoms with Crippen molar-refractivity contribution in [3.05, 3.63) is 17.5 Å². The third-order valence-corrected chi connectivity index (χ3v) is 6.06. The Morgan fingerprint density at radius 1 is 1.03 bits per heavy atom. The Labute approximate surface area is 172 Å². The van der Waals surface area contributed by atoms with Gasteiger partial charge in [0.15, 0.2) is 5.69 Å². The zero-order valence-electron chi connectivity index (χ0n) is 17.7. The second kappa shape index (κ2) is 9.89. The Hall–Kier alpha value is -2.38. The highest BCUT2D eigenvalue weighted by molar-refractivity contribution is 5.92. The second-order valence-corrected chi connectivity index (χ2v) is 8.20. The van der Waals surface area contributed by atoms with Crippen LogP contribution in [0.4, 0.5) is 0 Å². The van der Waals surface area contributed by atoms with E-state index in [1.807, 2.05) is 18.9 Å². The molecule has 0 aliphatic carbocycles. The van der Waals surface area contributed by atoms with Gasteiger partial charge >= 0.3 is 0 Å². The van der Waals surface area contributed by atoms with Crippen LogP contribution < -0.4 is 5.32 Å². The molecule has 0 unspecified atom stereocenters. The van der Waals surface area contributed by atoms with Gasteiger partial charge in [0.2, 0.25) is 11.8 Å². The monoisotopic (exact) mass is 403 g/mol. The van der Waals surface area contributed by atoms with Crippen LogP contribution in [0.25, 0.3) is 0 Å². The fourth-order valence-corrected chi connectivity index (χ4v) is 4.08. The predicted molar refractivity (Wildman–Crippen MR) is 109 cm³/mol. The fourth-order valence-electron chi connectivity index (χ4n) is 4.08. The number of carbonyl (C=O) groups excluding carboxylic acids is 3. The molecule has 2 aliphatic heterocycles. The zero-order valence-corrected chi connectivity index (χ0v) is 17.7. The molecule has 2 aliphatic rings. The minimum Gasteiger partial charge on any atom is -0.356 e. The van der Waals surface area contributed by atoms with Gasteiger partial charge < -0.3 is 15.1 Å². The SMILES string of the molecule is Cc1cc(C(=O)N2CCC(C(=O)N3CCCCCCNC(=O)CC3)CC2)nn1C. The molecule has 3 heterocycles. The van der Waals surface area contributed by atoms with Crippen molar-refractivity contribution in [3.8, 4) is 0 Å². The Morgan fingerprint density at radius 3 is 2.45 bits per heavy atom. The topological polar surface area (TPSA) is 87.5 Å². The van der Waals surface area contributed by atoms with Crippen LogP contribution in [0, 0.1) is 12.8 Å². The largest absolute Gasteiger partial charge is 0.356 e. The van der Waals surface area contributed by atoms with Gasteiger partial charge in [0.1, 0.15) is 0 Å². The van der Waals surface area contributed by atoms with Gasteiger partial charge in [0.05, 0.1) is 0 Å². The van der Waals surface area contributed by atoms with E-state index in [9.17, 15) is 14.4 Å². The molecule has 2 saturated heterocycles. The van der Waals surface area contributed by atoms with Crippen LogP contribution in [-0.2, 0) is 16.6 Å². The molecule has 0 spiro atoms. The van der Waals surface area contributed by atoms with Gasteiger partial charge in [-0.2, -0.15) is 5.10 Å². The Morgan fingerprint density at radius 2 is 1.76 bits per heavy atom. The predicted octanol–water partition coefficient (Wildman–Crippen LogP) is 1.49. The highest BCUT2D eigenvalue weighted by Crippen LogP contribution is 2.22. The third kappa shape index (κ3) is 5.58.